The van der Waals surface area contributed by atoms with Crippen molar-refractivity contribution in [1.29, 1.82) is 0 Å². The molecule has 4 aliphatic rings. The summed E-state index contributed by atoms with van der Waals surface area (Å²) in [4.78, 5) is 24.3. The zero-order valence-corrected chi connectivity index (χ0v) is 16.4. The van der Waals surface area contributed by atoms with Gasteiger partial charge in [-0.2, -0.15) is 0 Å². The van der Waals surface area contributed by atoms with Crippen LogP contribution in [0.1, 0.15) is 55.0 Å². The van der Waals surface area contributed by atoms with E-state index >= 15 is 0 Å². The van der Waals surface area contributed by atoms with Gasteiger partial charge in [0, 0.05) is 47.8 Å². The molecule has 1 spiro atoms. The standard InChI is InChI=1S/C23H26N4O/c1-14-8-10-27(14)22-25-19-4-2-3-17(19)21(26-22)16-6-5-15-7-9-23(18(15)11-16)12-20(28)24-13-23/h5-6,11,14H,2-4,7-10,12-13H2,1H3,(H,24,28)/t14-,23?/m0/s1. The molecule has 1 N–H and O–H groups in total. The number of amides is 1. The molecule has 2 atom stereocenters. The van der Waals surface area contributed by atoms with Gasteiger partial charge in [0.25, 0.3) is 0 Å². The molecule has 1 aromatic heterocycles. The van der Waals surface area contributed by atoms with Crippen LogP contribution in [0.25, 0.3) is 11.3 Å². The van der Waals surface area contributed by atoms with Crippen LogP contribution < -0.4 is 10.2 Å². The fourth-order valence-corrected chi connectivity index (χ4v) is 5.61. The Balaban J connectivity index is 1.47. The lowest BCUT2D eigenvalue weighted by atomic mass is 9.80. The summed E-state index contributed by atoms with van der Waals surface area (Å²) < 4.78 is 0. The third-order valence-corrected chi connectivity index (χ3v) is 7.45. The Morgan fingerprint density at radius 1 is 1.21 bits per heavy atom. The van der Waals surface area contributed by atoms with Gasteiger partial charge in [0.2, 0.25) is 11.9 Å². The number of hydrogen-bond acceptors (Lipinski definition) is 4. The topological polar surface area (TPSA) is 58.1 Å². The van der Waals surface area contributed by atoms with Gasteiger partial charge in [-0.1, -0.05) is 12.1 Å². The third-order valence-electron chi connectivity index (χ3n) is 7.45. The number of nitrogens with zero attached hydrogens (tertiary/aromatic N) is 3. The van der Waals surface area contributed by atoms with Gasteiger partial charge in [0.05, 0.1) is 5.69 Å². The number of carbonyl (C=O) groups is 1. The van der Waals surface area contributed by atoms with Crippen LogP contribution >= 0.6 is 0 Å². The number of rotatable bonds is 2. The van der Waals surface area contributed by atoms with Crippen LogP contribution in [-0.4, -0.2) is 35.0 Å². The van der Waals surface area contributed by atoms with E-state index in [-0.39, 0.29) is 11.3 Å². The number of fused-ring (bicyclic) bond motifs is 3. The molecule has 3 heterocycles. The van der Waals surface area contributed by atoms with E-state index in [1.54, 1.807) is 0 Å². The van der Waals surface area contributed by atoms with Gasteiger partial charge in [-0.25, -0.2) is 9.97 Å². The van der Waals surface area contributed by atoms with E-state index in [4.69, 9.17) is 9.97 Å². The quantitative estimate of drug-likeness (QED) is 0.878. The molecule has 5 nitrogen and oxygen atoms in total. The highest BCUT2D eigenvalue weighted by molar-refractivity contribution is 5.81. The van der Waals surface area contributed by atoms with Crippen molar-refractivity contribution in [2.45, 2.75) is 63.3 Å². The maximum atomic E-state index is 12.0. The highest BCUT2D eigenvalue weighted by atomic mass is 16.1. The van der Waals surface area contributed by atoms with Crippen LogP contribution in [0.5, 0.6) is 0 Å². The first-order valence-electron chi connectivity index (χ1n) is 10.7. The third kappa shape index (κ3) is 2.28. The van der Waals surface area contributed by atoms with Crippen LogP contribution in [0, 0.1) is 0 Å². The molecule has 0 radical (unpaired) electrons. The minimum Gasteiger partial charge on any atom is -0.355 e. The largest absolute Gasteiger partial charge is 0.355 e. The molecule has 2 aromatic rings. The molecule has 1 aromatic carbocycles. The van der Waals surface area contributed by atoms with Gasteiger partial charge >= 0.3 is 0 Å². The van der Waals surface area contributed by atoms with Gasteiger partial charge in [0.15, 0.2) is 0 Å². The van der Waals surface area contributed by atoms with E-state index < -0.39 is 0 Å². The van der Waals surface area contributed by atoms with E-state index in [1.807, 2.05) is 0 Å². The zero-order chi connectivity index (χ0) is 18.9. The first-order chi connectivity index (χ1) is 13.6. The van der Waals surface area contributed by atoms with Gasteiger partial charge < -0.3 is 10.2 Å². The Morgan fingerprint density at radius 2 is 2.14 bits per heavy atom. The Hall–Kier alpha value is -2.43. The van der Waals surface area contributed by atoms with Gasteiger partial charge in [-0.3, -0.25) is 4.79 Å². The summed E-state index contributed by atoms with van der Waals surface area (Å²) in [5, 5.41) is 3.07. The van der Waals surface area contributed by atoms with Crippen molar-refractivity contribution in [3.63, 3.8) is 0 Å². The number of hydrogen-bond donors (Lipinski definition) is 1. The summed E-state index contributed by atoms with van der Waals surface area (Å²) in [5.74, 6) is 1.09. The van der Waals surface area contributed by atoms with Crippen molar-refractivity contribution < 1.29 is 4.79 Å². The Labute approximate surface area is 165 Å². The smallest absolute Gasteiger partial charge is 0.226 e. The Morgan fingerprint density at radius 3 is 2.89 bits per heavy atom. The summed E-state index contributed by atoms with van der Waals surface area (Å²) >= 11 is 0. The van der Waals surface area contributed by atoms with Crippen LogP contribution in [-0.2, 0) is 29.5 Å². The van der Waals surface area contributed by atoms with E-state index in [2.05, 4.69) is 35.3 Å². The summed E-state index contributed by atoms with van der Waals surface area (Å²) in [6.45, 7) is 4.09. The summed E-state index contributed by atoms with van der Waals surface area (Å²) in [6, 6.07) is 7.39. The van der Waals surface area contributed by atoms with Gasteiger partial charge in [-0.15, -0.1) is 0 Å². The second kappa shape index (κ2) is 5.79. The lowest BCUT2D eigenvalue weighted by Gasteiger charge is -2.39. The van der Waals surface area contributed by atoms with Crippen molar-refractivity contribution in [2.24, 2.45) is 0 Å². The molecule has 2 aliphatic carbocycles. The minimum absolute atomic E-state index is 0.00650. The lowest BCUT2D eigenvalue weighted by Crippen LogP contribution is -2.46. The highest BCUT2D eigenvalue weighted by Crippen LogP contribution is 2.45. The van der Waals surface area contributed by atoms with E-state index in [0.29, 0.717) is 12.5 Å². The van der Waals surface area contributed by atoms with Crippen molar-refractivity contribution >= 4 is 11.9 Å². The molecule has 2 aliphatic heterocycles. The average Bonchev–Trinajstić information content (AvgIpc) is 3.39. The van der Waals surface area contributed by atoms with Crippen molar-refractivity contribution in [1.82, 2.24) is 15.3 Å². The molecular weight excluding hydrogens is 348 g/mol. The zero-order valence-electron chi connectivity index (χ0n) is 16.4. The maximum absolute atomic E-state index is 12.0. The predicted molar refractivity (Wildman–Crippen MR) is 109 cm³/mol. The first-order valence-corrected chi connectivity index (χ1v) is 10.7. The number of aromatic nitrogens is 2. The molecule has 6 rings (SSSR count). The molecule has 0 bridgehead atoms. The molecule has 144 valence electrons. The second-order valence-electron chi connectivity index (χ2n) is 9.09. The van der Waals surface area contributed by atoms with Crippen molar-refractivity contribution in [3.8, 4) is 11.3 Å². The minimum atomic E-state index is -0.00650. The van der Waals surface area contributed by atoms with Crippen LogP contribution in [0.15, 0.2) is 18.2 Å². The van der Waals surface area contributed by atoms with Gasteiger partial charge in [0.1, 0.15) is 0 Å². The molecule has 5 heteroatoms. The Kier molecular flexibility index (Phi) is 3.41. The number of aryl methyl sites for hydroxylation is 2. The number of carbonyl (C=O) groups excluding carboxylic acids is 1. The fourth-order valence-electron chi connectivity index (χ4n) is 5.61. The SMILES string of the molecule is C[C@H]1CCN1c1nc2c(c(-c3ccc4c(c3)C3(CC4)CNC(=O)C3)n1)CCC2. The Bertz CT molecular complexity index is 1000. The first kappa shape index (κ1) is 16.5. The molecule has 0 saturated carbocycles. The average molecular weight is 374 g/mol. The van der Waals surface area contributed by atoms with Crippen LogP contribution in [0.2, 0.25) is 0 Å². The van der Waals surface area contributed by atoms with Crippen molar-refractivity contribution in [3.05, 3.63) is 40.6 Å². The molecule has 2 saturated heterocycles. The number of benzene rings is 1. The number of nitrogens with one attached hydrogen (secondary N) is 1. The second-order valence-corrected chi connectivity index (χ2v) is 9.09. The molecular formula is C23H26N4O. The summed E-state index contributed by atoms with van der Waals surface area (Å²) in [5.41, 5.74) is 7.67. The lowest BCUT2D eigenvalue weighted by molar-refractivity contribution is -0.119. The highest BCUT2D eigenvalue weighted by Gasteiger charge is 2.44. The normalized spacial score (nSPS) is 27.7. The summed E-state index contributed by atoms with van der Waals surface area (Å²) in [6.07, 6.45) is 7.30. The van der Waals surface area contributed by atoms with Gasteiger partial charge in [-0.05, 0) is 62.6 Å². The molecule has 1 unspecified atom stereocenters. The number of anilines is 1. The van der Waals surface area contributed by atoms with Crippen LogP contribution in [0.4, 0.5) is 5.95 Å². The monoisotopic (exact) mass is 374 g/mol. The molecule has 1 amide bonds. The van der Waals surface area contributed by atoms with Crippen LogP contribution in [0.3, 0.4) is 0 Å². The fraction of sp³-hybridized carbons (Fsp3) is 0.522. The maximum Gasteiger partial charge on any atom is 0.226 e. The van der Waals surface area contributed by atoms with E-state index in [9.17, 15) is 4.79 Å². The van der Waals surface area contributed by atoms with E-state index in [1.165, 1.54) is 40.8 Å². The predicted octanol–water partition coefficient (Wildman–Crippen LogP) is 2.93. The molecule has 28 heavy (non-hydrogen) atoms. The molecule has 2 fully saturated rings. The van der Waals surface area contributed by atoms with Crippen molar-refractivity contribution in [2.75, 3.05) is 18.0 Å². The summed E-state index contributed by atoms with van der Waals surface area (Å²) in [7, 11) is 0. The van der Waals surface area contributed by atoms with E-state index in [0.717, 1.165) is 50.4 Å².